The van der Waals surface area contributed by atoms with E-state index in [2.05, 4.69) is 34.5 Å². The molecule has 0 aliphatic carbocycles. The molecule has 0 spiro atoms. The van der Waals surface area contributed by atoms with Gasteiger partial charge in [-0.05, 0) is 13.1 Å². The van der Waals surface area contributed by atoms with Crippen LogP contribution in [0.15, 0.2) is 36.7 Å². The van der Waals surface area contributed by atoms with E-state index < -0.39 is 0 Å². The molecule has 0 N–H and O–H groups in total. The van der Waals surface area contributed by atoms with E-state index in [1.807, 2.05) is 24.5 Å². The number of hydrogen-bond acceptors (Lipinski definition) is 1. The Morgan fingerprint density at radius 1 is 1.33 bits per heavy atom. The van der Waals surface area contributed by atoms with Gasteiger partial charge in [0.15, 0.2) is 0 Å². The molecule has 3 aromatic rings. The van der Waals surface area contributed by atoms with Gasteiger partial charge in [0.1, 0.15) is 0 Å². The summed E-state index contributed by atoms with van der Waals surface area (Å²) >= 11 is 0. The zero-order chi connectivity index (χ0) is 9.54. The molecule has 2 nitrogen and oxygen atoms in total. The molecule has 0 unspecified atom stereocenters. The van der Waals surface area contributed by atoms with Crippen molar-refractivity contribution < 1.29 is 20.1 Å². The van der Waals surface area contributed by atoms with Gasteiger partial charge in [0.2, 0.25) is 0 Å². The maximum atomic E-state index is 4.38. The Balaban J connectivity index is 0.000000853. The molecule has 77 valence electrons. The van der Waals surface area contributed by atoms with Crippen LogP contribution in [0, 0.1) is 13.0 Å². The van der Waals surface area contributed by atoms with Crippen molar-refractivity contribution in [2.45, 2.75) is 6.92 Å². The van der Waals surface area contributed by atoms with Crippen LogP contribution in [-0.4, -0.2) is 9.38 Å². The molecule has 0 atom stereocenters. The SMILES string of the molecule is Cc1cnc2c3[c-]cccc3ccn12.[Ir]. The van der Waals surface area contributed by atoms with Crippen molar-refractivity contribution in [3.63, 3.8) is 0 Å². The third kappa shape index (κ3) is 1.48. The number of pyridine rings is 1. The van der Waals surface area contributed by atoms with Gasteiger partial charge in [-0.2, -0.15) is 0 Å². The van der Waals surface area contributed by atoms with Crippen molar-refractivity contribution in [3.8, 4) is 0 Å². The minimum absolute atomic E-state index is 0. The first kappa shape index (κ1) is 10.3. The molecule has 3 heteroatoms. The molecule has 1 radical (unpaired) electrons. The number of benzene rings is 1. The zero-order valence-electron chi connectivity index (χ0n) is 8.19. The maximum absolute atomic E-state index is 4.38. The largest absolute Gasteiger partial charge is 0.345 e. The number of aromatic nitrogens is 2. The van der Waals surface area contributed by atoms with Gasteiger partial charge in [0, 0.05) is 32.0 Å². The van der Waals surface area contributed by atoms with Gasteiger partial charge in [0.05, 0.1) is 5.65 Å². The van der Waals surface area contributed by atoms with Crippen LogP contribution in [0.1, 0.15) is 5.69 Å². The monoisotopic (exact) mass is 374 g/mol. The minimum Gasteiger partial charge on any atom is -0.345 e. The fraction of sp³-hybridized carbons (Fsp3) is 0.0833. The Morgan fingerprint density at radius 3 is 3.07 bits per heavy atom. The predicted molar refractivity (Wildman–Crippen MR) is 56.3 cm³/mol. The zero-order valence-corrected chi connectivity index (χ0v) is 10.6. The number of aryl methyl sites for hydroxylation is 1. The average molecular weight is 373 g/mol. The van der Waals surface area contributed by atoms with E-state index in [0.29, 0.717) is 0 Å². The molecule has 2 aromatic heterocycles. The van der Waals surface area contributed by atoms with Crippen molar-refractivity contribution in [3.05, 3.63) is 48.4 Å². The molecule has 0 saturated carbocycles. The molecule has 2 heterocycles. The van der Waals surface area contributed by atoms with Gasteiger partial charge in [0.25, 0.3) is 0 Å². The molecule has 0 aliphatic rings. The molecule has 0 aliphatic heterocycles. The summed E-state index contributed by atoms with van der Waals surface area (Å²) in [5.41, 5.74) is 2.14. The van der Waals surface area contributed by atoms with Gasteiger partial charge >= 0.3 is 0 Å². The van der Waals surface area contributed by atoms with Crippen LogP contribution in [-0.2, 0) is 20.1 Å². The van der Waals surface area contributed by atoms with Crippen LogP contribution in [0.2, 0.25) is 0 Å². The van der Waals surface area contributed by atoms with Gasteiger partial charge in [-0.3, -0.25) is 4.98 Å². The van der Waals surface area contributed by atoms with E-state index in [4.69, 9.17) is 0 Å². The second kappa shape index (κ2) is 3.76. The minimum atomic E-state index is 0. The number of hydrogen-bond donors (Lipinski definition) is 0. The third-order valence-corrected chi connectivity index (χ3v) is 2.50. The summed E-state index contributed by atoms with van der Waals surface area (Å²) in [6, 6.07) is 11.3. The van der Waals surface area contributed by atoms with Crippen LogP contribution < -0.4 is 0 Å². The van der Waals surface area contributed by atoms with Gasteiger partial charge in [-0.15, -0.1) is 35.0 Å². The summed E-state index contributed by atoms with van der Waals surface area (Å²) in [6.07, 6.45) is 3.93. The molecule has 3 rings (SSSR count). The Morgan fingerprint density at radius 2 is 2.20 bits per heavy atom. The van der Waals surface area contributed by atoms with Crippen molar-refractivity contribution in [2.24, 2.45) is 0 Å². The van der Waals surface area contributed by atoms with E-state index in [9.17, 15) is 0 Å². The van der Waals surface area contributed by atoms with Crippen LogP contribution in [0.4, 0.5) is 0 Å². The first-order chi connectivity index (χ1) is 6.86. The second-order valence-corrected chi connectivity index (χ2v) is 3.41. The Kier molecular flexibility index (Phi) is 2.59. The summed E-state index contributed by atoms with van der Waals surface area (Å²) in [5.74, 6) is 0. The molecular formula is C12H9IrN2-. The molecule has 0 bridgehead atoms. The summed E-state index contributed by atoms with van der Waals surface area (Å²) in [5, 5.41) is 2.27. The maximum Gasteiger partial charge on any atom is 0.0605 e. The molecule has 0 amide bonds. The summed E-state index contributed by atoms with van der Waals surface area (Å²) < 4.78 is 2.08. The third-order valence-electron chi connectivity index (χ3n) is 2.50. The fourth-order valence-corrected chi connectivity index (χ4v) is 1.76. The van der Waals surface area contributed by atoms with Gasteiger partial charge in [-0.1, -0.05) is 6.07 Å². The first-order valence-electron chi connectivity index (χ1n) is 4.59. The molecule has 0 fully saturated rings. The van der Waals surface area contributed by atoms with E-state index >= 15 is 0 Å². The second-order valence-electron chi connectivity index (χ2n) is 3.41. The van der Waals surface area contributed by atoms with Crippen molar-refractivity contribution >= 4 is 16.4 Å². The number of nitrogens with zero attached hydrogens (tertiary/aromatic N) is 2. The quantitative estimate of drug-likeness (QED) is 0.554. The van der Waals surface area contributed by atoms with Crippen molar-refractivity contribution in [1.29, 1.82) is 0 Å². The van der Waals surface area contributed by atoms with E-state index in [-0.39, 0.29) is 20.1 Å². The molecule has 0 saturated heterocycles. The Labute approximate surface area is 101 Å². The summed E-state index contributed by atoms with van der Waals surface area (Å²) in [7, 11) is 0. The predicted octanol–water partition coefficient (Wildman–Crippen LogP) is 2.59. The average Bonchev–Trinajstić information content (AvgIpc) is 2.61. The molecule has 15 heavy (non-hydrogen) atoms. The number of rotatable bonds is 0. The number of imidazole rings is 1. The normalized spacial score (nSPS) is 10.5. The summed E-state index contributed by atoms with van der Waals surface area (Å²) in [6.45, 7) is 2.05. The fourth-order valence-electron chi connectivity index (χ4n) is 1.76. The van der Waals surface area contributed by atoms with Crippen molar-refractivity contribution in [1.82, 2.24) is 9.38 Å². The Hall–Kier alpha value is -1.18. The smallest absolute Gasteiger partial charge is 0.0605 e. The van der Waals surface area contributed by atoms with Crippen LogP contribution in [0.3, 0.4) is 0 Å². The topological polar surface area (TPSA) is 17.3 Å². The van der Waals surface area contributed by atoms with Crippen molar-refractivity contribution in [2.75, 3.05) is 0 Å². The van der Waals surface area contributed by atoms with Gasteiger partial charge < -0.3 is 4.40 Å². The summed E-state index contributed by atoms with van der Waals surface area (Å²) in [4.78, 5) is 4.38. The molecular weight excluding hydrogens is 364 g/mol. The van der Waals surface area contributed by atoms with Crippen LogP contribution in [0.5, 0.6) is 0 Å². The Bertz CT molecular complexity index is 613. The van der Waals surface area contributed by atoms with Gasteiger partial charge in [-0.25, -0.2) is 0 Å². The van der Waals surface area contributed by atoms with Crippen LogP contribution in [0.25, 0.3) is 16.4 Å². The van der Waals surface area contributed by atoms with E-state index in [0.717, 1.165) is 16.7 Å². The first-order valence-corrected chi connectivity index (χ1v) is 4.59. The standard InChI is InChI=1S/C12H9N2.Ir/c1-9-8-13-12-11-5-3-2-4-10(11)6-7-14(9)12;/h2-4,6-8H,1H3;/q-1;. The number of fused-ring (bicyclic) bond motifs is 3. The molecule has 1 aromatic carbocycles. The van der Waals surface area contributed by atoms with E-state index in [1.165, 1.54) is 5.39 Å². The van der Waals surface area contributed by atoms with Crippen LogP contribution >= 0.6 is 0 Å². The van der Waals surface area contributed by atoms with E-state index in [1.54, 1.807) is 0 Å².